The number of thioether (sulfide) groups is 1. The summed E-state index contributed by atoms with van der Waals surface area (Å²) in [4.78, 5) is 12.4. The molecule has 0 aliphatic heterocycles. The fourth-order valence-electron chi connectivity index (χ4n) is 2.81. The van der Waals surface area contributed by atoms with Crippen LogP contribution in [-0.4, -0.2) is 32.7 Å². The van der Waals surface area contributed by atoms with Crippen molar-refractivity contribution in [2.24, 2.45) is 5.10 Å². The van der Waals surface area contributed by atoms with Gasteiger partial charge in [0, 0.05) is 11.1 Å². The highest BCUT2D eigenvalue weighted by molar-refractivity contribution is 7.99. The van der Waals surface area contributed by atoms with Crippen LogP contribution in [0.3, 0.4) is 0 Å². The van der Waals surface area contributed by atoms with Gasteiger partial charge in [0.25, 0.3) is 5.95 Å². The van der Waals surface area contributed by atoms with E-state index < -0.39 is 0 Å². The van der Waals surface area contributed by atoms with E-state index in [4.69, 9.17) is 5.84 Å². The lowest BCUT2D eigenvalue weighted by molar-refractivity contribution is -0.113. The molecule has 4 N–H and O–H groups in total. The zero-order chi connectivity index (χ0) is 20.8. The maximum absolute atomic E-state index is 12.4. The summed E-state index contributed by atoms with van der Waals surface area (Å²) >= 11 is 1.19. The number of carbonyl (C=O) groups excluding carboxylic acids is 1. The summed E-state index contributed by atoms with van der Waals surface area (Å²) in [5, 5.41) is 17.5. The van der Waals surface area contributed by atoms with Gasteiger partial charge in [-0.3, -0.25) is 4.79 Å². The van der Waals surface area contributed by atoms with Gasteiger partial charge in [0.05, 0.1) is 12.0 Å². The molecule has 3 aromatic carbocycles. The van der Waals surface area contributed by atoms with E-state index in [1.54, 1.807) is 6.21 Å². The topological polar surface area (TPSA) is 110 Å². The van der Waals surface area contributed by atoms with Crippen molar-refractivity contribution >= 4 is 46.3 Å². The standard InChI is InChI=1S/C21H19N7OS/c22-28-20(25-23-13-15-7-2-1-3-8-15)26-27-21(28)30-14-19(29)24-18-12-6-10-16-9-4-5-11-17(16)18/h1-13H,14,22H2,(H,24,29)(H,25,26)/b23-13+. The van der Waals surface area contributed by atoms with Crippen molar-refractivity contribution in [2.75, 3.05) is 22.3 Å². The Balaban J connectivity index is 1.35. The number of hydrogen-bond acceptors (Lipinski definition) is 7. The normalized spacial score (nSPS) is 11.1. The molecular formula is C21H19N7OS. The van der Waals surface area contributed by atoms with Crippen LogP contribution in [0.25, 0.3) is 10.8 Å². The van der Waals surface area contributed by atoms with Crippen LogP contribution in [0.15, 0.2) is 83.1 Å². The molecule has 0 spiro atoms. The first kappa shape index (κ1) is 19.5. The third kappa shape index (κ3) is 4.58. The number of nitrogen functional groups attached to an aromatic ring is 1. The molecular weight excluding hydrogens is 398 g/mol. The minimum Gasteiger partial charge on any atom is -0.334 e. The van der Waals surface area contributed by atoms with Gasteiger partial charge in [-0.15, -0.1) is 10.2 Å². The number of hydrazone groups is 1. The van der Waals surface area contributed by atoms with Gasteiger partial charge in [-0.2, -0.15) is 5.10 Å². The predicted molar refractivity (Wildman–Crippen MR) is 121 cm³/mol. The third-order valence-electron chi connectivity index (χ3n) is 4.24. The van der Waals surface area contributed by atoms with E-state index in [2.05, 4.69) is 26.0 Å². The summed E-state index contributed by atoms with van der Waals surface area (Å²) in [6.07, 6.45) is 1.65. The van der Waals surface area contributed by atoms with Crippen molar-refractivity contribution in [3.05, 3.63) is 78.4 Å². The number of fused-ring (bicyclic) bond motifs is 1. The number of hydrogen-bond donors (Lipinski definition) is 3. The van der Waals surface area contributed by atoms with Crippen molar-refractivity contribution < 1.29 is 4.79 Å². The fraction of sp³-hybridized carbons (Fsp3) is 0.0476. The second-order valence-electron chi connectivity index (χ2n) is 6.32. The Morgan fingerprint density at radius 1 is 1.03 bits per heavy atom. The van der Waals surface area contributed by atoms with Crippen LogP contribution in [0, 0.1) is 0 Å². The van der Waals surface area contributed by atoms with Crippen LogP contribution < -0.4 is 16.6 Å². The van der Waals surface area contributed by atoms with Gasteiger partial charge in [0.15, 0.2) is 0 Å². The second-order valence-corrected chi connectivity index (χ2v) is 7.26. The van der Waals surface area contributed by atoms with Crippen molar-refractivity contribution in [3.8, 4) is 0 Å². The molecule has 1 heterocycles. The first-order valence-corrected chi connectivity index (χ1v) is 10.1. The number of nitrogens with one attached hydrogen (secondary N) is 2. The molecule has 0 unspecified atom stereocenters. The molecule has 9 heteroatoms. The van der Waals surface area contributed by atoms with Crippen LogP contribution in [0.1, 0.15) is 5.56 Å². The Morgan fingerprint density at radius 2 is 1.80 bits per heavy atom. The number of nitrogens with two attached hydrogens (primary N) is 1. The van der Waals surface area contributed by atoms with Crippen LogP contribution in [-0.2, 0) is 4.79 Å². The molecule has 0 aliphatic rings. The Kier molecular flexibility index (Phi) is 5.90. The van der Waals surface area contributed by atoms with E-state index in [9.17, 15) is 4.79 Å². The van der Waals surface area contributed by atoms with Crippen molar-refractivity contribution in [1.82, 2.24) is 14.9 Å². The van der Waals surface area contributed by atoms with E-state index in [0.29, 0.717) is 5.16 Å². The smallest absolute Gasteiger partial charge is 0.264 e. The van der Waals surface area contributed by atoms with Gasteiger partial charge in [-0.05, 0) is 17.0 Å². The molecule has 0 saturated heterocycles. The number of amides is 1. The summed E-state index contributed by atoms with van der Waals surface area (Å²) in [5.41, 5.74) is 4.46. The van der Waals surface area contributed by atoms with Crippen LogP contribution in [0.5, 0.6) is 0 Å². The number of rotatable bonds is 7. The molecule has 150 valence electrons. The average Bonchev–Trinajstić information content (AvgIpc) is 3.13. The highest BCUT2D eigenvalue weighted by atomic mass is 32.2. The minimum absolute atomic E-state index is 0.145. The highest BCUT2D eigenvalue weighted by Gasteiger charge is 2.12. The molecule has 0 atom stereocenters. The van der Waals surface area contributed by atoms with Crippen LogP contribution in [0.2, 0.25) is 0 Å². The van der Waals surface area contributed by atoms with E-state index in [-0.39, 0.29) is 17.6 Å². The monoisotopic (exact) mass is 417 g/mol. The van der Waals surface area contributed by atoms with Gasteiger partial charge >= 0.3 is 0 Å². The Labute approximate surface area is 177 Å². The van der Waals surface area contributed by atoms with Gasteiger partial charge in [-0.1, -0.05) is 78.5 Å². The van der Waals surface area contributed by atoms with Gasteiger partial charge in [-0.25, -0.2) is 10.1 Å². The van der Waals surface area contributed by atoms with Crippen molar-refractivity contribution in [3.63, 3.8) is 0 Å². The second kappa shape index (κ2) is 9.10. The van der Waals surface area contributed by atoms with Crippen LogP contribution in [0.4, 0.5) is 11.6 Å². The first-order valence-electron chi connectivity index (χ1n) is 9.16. The zero-order valence-corrected chi connectivity index (χ0v) is 16.7. The van der Waals surface area contributed by atoms with Gasteiger partial charge < -0.3 is 11.2 Å². The quantitative estimate of drug-likeness (QED) is 0.184. The Hall–Kier alpha value is -3.85. The van der Waals surface area contributed by atoms with Gasteiger partial charge in [0.1, 0.15) is 0 Å². The van der Waals surface area contributed by atoms with Crippen molar-refractivity contribution in [1.29, 1.82) is 0 Å². The fourth-order valence-corrected chi connectivity index (χ4v) is 3.46. The molecule has 0 fully saturated rings. The maximum Gasteiger partial charge on any atom is 0.264 e. The third-order valence-corrected chi connectivity index (χ3v) is 5.18. The molecule has 4 aromatic rings. The van der Waals surface area contributed by atoms with E-state index >= 15 is 0 Å². The van der Waals surface area contributed by atoms with Crippen LogP contribution >= 0.6 is 11.8 Å². The van der Waals surface area contributed by atoms with E-state index in [0.717, 1.165) is 22.0 Å². The zero-order valence-electron chi connectivity index (χ0n) is 15.9. The molecule has 1 aromatic heterocycles. The molecule has 30 heavy (non-hydrogen) atoms. The SMILES string of the molecule is Nn1c(N/N=C/c2ccccc2)nnc1SCC(=O)Nc1cccc2ccccc12. The largest absolute Gasteiger partial charge is 0.334 e. The maximum atomic E-state index is 12.4. The molecule has 1 amide bonds. The molecule has 8 nitrogen and oxygen atoms in total. The molecule has 0 radical (unpaired) electrons. The lowest BCUT2D eigenvalue weighted by Gasteiger charge is -2.08. The van der Waals surface area contributed by atoms with Gasteiger partial charge in [0.2, 0.25) is 11.1 Å². The summed E-state index contributed by atoms with van der Waals surface area (Å²) in [6.45, 7) is 0. The van der Waals surface area contributed by atoms with E-state index in [1.165, 1.54) is 16.4 Å². The number of nitrogens with zero attached hydrogens (tertiary/aromatic N) is 4. The lowest BCUT2D eigenvalue weighted by atomic mass is 10.1. The summed E-state index contributed by atoms with van der Waals surface area (Å²) in [7, 11) is 0. The highest BCUT2D eigenvalue weighted by Crippen LogP contribution is 2.23. The average molecular weight is 417 g/mol. The lowest BCUT2D eigenvalue weighted by Crippen LogP contribution is -2.17. The number of aromatic nitrogens is 3. The molecule has 0 saturated carbocycles. The summed E-state index contributed by atoms with van der Waals surface area (Å²) in [6, 6.07) is 23.3. The Bertz CT molecular complexity index is 1190. The molecule has 0 aliphatic carbocycles. The number of carbonyl (C=O) groups is 1. The molecule has 0 bridgehead atoms. The summed E-state index contributed by atoms with van der Waals surface area (Å²) in [5.74, 6) is 6.26. The van der Waals surface area contributed by atoms with Crippen molar-refractivity contribution in [2.45, 2.75) is 5.16 Å². The van der Waals surface area contributed by atoms with E-state index in [1.807, 2.05) is 72.8 Å². The predicted octanol–water partition coefficient (Wildman–Crippen LogP) is 3.32. The molecule has 4 rings (SSSR count). The number of anilines is 2. The Morgan fingerprint density at radius 3 is 2.67 bits per heavy atom. The number of benzene rings is 3. The minimum atomic E-state index is -0.157. The summed E-state index contributed by atoms with van der Waals surface area (Å²) < 4.78 is 1.26. The first-order chi connectivity index (χ1) is 14.7.